The van der Waals surface area contributed by atoms with Crippen molar-refractivity contribution in [2.45, 2.75) is 19.4 Å². The normalized spacial score (nSPS) is 20.2. The SMILES string of the molecule is CCc1ccc(C2CNCCN2C(=O)c2ccc(N3CCOCC3)cc2)cc1. The van der Waals surface area contributed by atoms with Crippen LogP contribution in [0.2, 0.25) is 0 Å². The highest BCUT2D eigenvalue weighted by atomic mass is 16.5. The number of morpholine rings is 1. The minimum Gasteiger partial charge on any atom is -0.378 e. The number of hydrogen-bond donors (Lipinski definition) is 1. The molecule has 0 radical (unpaired) electrons. The fourth-order valence-electron chi connectivity index (χ4n) is 4.02. The van der Waals surface area contributed by atoms with E-state index in [1.807, 2.05) is 17.0 Å². The third-order valence-electron chi connectivity index (χ3n) is 5.77. The Morgan fingerprint density at radius 2 is 1.75 bits per heavy atom. The highest BCUT2D eigenvalue weighted by Gasteiger charge is 2.28. The summed E-state index contributed by atoms with van der Waals surface area (Å²) in [7, 11) is 0. The molecule has 2 aliphatic heterocycles. The number of benzene rings is 2. The Balaban J connectivity index is 1.51. The molecule has 5 nitrogen and oxygen atoms in total. The van der Waals surface area contributed by atoms with E-state index in [1.54, 1.807) is 0 Å². The van der Waals surface area contributed by atoms with E-state index in [4.69, 9.17) is 4.74 Å². The first kappa shape index (κ1) is 19.0. The van der Waals surface area contributed by atoms with Gasteiger partial charge in [0.2, 0.25) is 0 Å². The smallest absolute Gasteiger partial charge is 0.254 e. The maximum atomic E-state index is 13.3. The van der Waals surface area contributed by atoms with Crippen LogP contribution in [0, 0.1) is 0 Å². The van der Waals surface area contributed by atoms with Crippen LogP contribution < -0.4 is 10.2 Å². The summed E-state index contributed by atoms with van der Waals surface area (Å²) in [5, 5.41) is 3.44. The van der Waals surface area contributed by atoms with Crippen molar-refractivity contribution in [1.29, 1.82) is 0 Å². The molecule has 2 fully saturated rings. The van der Waals surface area contributed by atoms with E-state index >= 15 is 0 Å². The summed E-state index contributed by atoms with van der Waals surface area (Å²) in [5.41, 5.74) is 4.44. The molecule has 0 bridgehead atoms. The number of hydrogen-bond acceptors (Lipinski definition) is 4. The average Bonchev–Trinajstić information content (AvgIpc) is 2.79. The Kier molecular flexibility index (Phi) is 5.93. The number of piperazine rings is 1. The summed E-state index contributed by atoms with van der Waals surface area (Å²) in [5.74, 6) is 0.111. The zero-order valence-electron chi connectivity index (χ0n) is 16.6. The molecule has 1 atom stereocenters. The number of carbonyl (C=O) groups is 1. The van der Waals surface area contributed by atoms with E-state index in [9.17, 15) is 4.79 Å². The second-order valence-electron chi connectivity index (χ2n) is 7.46. The lowest BCUT2D eigenvalue weighted by atomic mass is 10.00. The Morgan fingerprint density at radius 3 is 2.43 bits per heavy atom. The van der Waals surface area contributed by atoms with Gasteiger partial charge in [-0.25, -0.2) is 0 Å². The first-order chi connectivity index (χ1) is 13.8. The van der Waals surface area contributed by atoms with Crippen molar-refractivity contribution in [3.8, 4) is 0 Å². The molecule has 2 aromatic carbocycles. The number of anilines is 1. The van der Waals surface area contributed by atoms with Gasteiger partial charge >= 0.3 is 0 Å². The highest BCUT2D eigenvalue weighted by Crippen LogP contribution is 2.26. The average molecular weight is 380 g/mol. The standard InChI is InChI=1S/C23H29N3O2/c1-2-18-3-5-19(6-4-18)22-17-24-11-12-26(22)23(27)20-7-9-21(10-8-20)25-13-15-28-16-14-25/h3-10,22,24H,2,11-17H2,1H3. The van der Waals surface area contributed by atoms with Crippen molar-refractivity contribution in [1.82, 2.24) is 10.2 Å². The van der Waals surface area contributed by atoms with Crippen LogP contribution >= 0.6 is 0 Å². The van der Waals surface area contributed by atoms with Crippen LogP contribution in [-0.2, 0) is 11.2 Å². The van der Waals surface area contributed by atoms with Crippen LogP contribution in [0.5, 0.6) is 0 Å². The Hall–Kier alpha value is -2.37. The van der Waals surface area contributed by atoms with E-state index in [0.717, 1.165) is 63.6 Å². The van der Waals surface area contributed by atoms with E-state index < -0.39 is 0 Å². The molecule has 148 valence electrons. The second kappa shape index (κ2) is 8.76. The van der Waals surface area contributed by atoms with E-state index in [0.29, 0.717) is 0 Å². The number of amides is 1. The number of nitrogens with one attached hydrogen (secondary N) is 1. The van der Waals surface area contributed by atoms with Crippen LogP contribution in [0.15, 0.2) is 48.5 Å². The lowest BCUT2D eigenvalue weighted by Crippen LogP contribution is -2.48. The first-order valence-electron chi connectivity index (χ1n) is 10.3. The number of carbonyl (C=O) groups excluding carboxylic acids is 1. The van der Waals surface area contributed by atoms with E-state index in [2.05, 4.69) is 53.5 Å². The van der Waals surface area contributed by atoms with Gasteiger partial charge < -0.3 is 19.9 Å². The molecule has 1 N–H and O–H groups in total. The zero-order valence-corrected chi connectivity index (χ0v) is 16.6. The third kappa shape index (κ3) is 4.05. The summed E-state index contributed by atoms with van der Waals surface area (Å²) in [4.78, 5) is 17.6. The molecule has 0 spiro atoms. The van der Waals surface area contributed by atoms with Crippen LogP contribution in [0.3, 0.4) is 0 Å². The molecule has 2 saturated heterocycles. The molecule has 2 heterocycles. The predicted molar refractivity (Wildman–Crippen MR) is 112 cm³/mol. The summed E-state index contributed by atoms with van der Waals surface area (Å²) in [6.07, 6.45) is 1.03. The molecule has 2 aromatic rings. The predicted octanol–water partition coefficient (Wildman–Crippen LogP) is 2.87. The van der Waals surface area contributed by atoms with Crippen LogP contribution in [0.25, 0.3) is 0 Å². The largest absolute Gasteiger partial charge is 0.378 e. The quantitative estimate of drug-likeness (QED) is 0.887. The minimum absolute atomic E-state index is 0.0751. The van der Waals surface area contributed by atoms with Crippen molar-refractivity contribution in [2.24, 2.45) is 0 Å². The molecule has 1 unspecified atom stereocenters. The first-order valence-corrected chi connectivity index (χ1v) is 10.3. The molecule has 4 rings (SSSR count). The number of aryl methyl sites for hydroxylation is 1. The molecule has 28 heavy (non-hydrogen) atoms. The molecule has 2 aliphatic rings. The van der Waals surface area contributed by atoms with Gasteiger partial charge in [0.05, 0.1) is 19.3 Å². The monoisotopic (exact) mass is 379 g/mol. The molecule has 0 saturated carbocycles. The number of ether oxygens (including phenoxy) is 1. The summed E-state index contributed by atoms with van der Waals surface area (Å²) >= 11 is 0. The Bertz CT molecular complexity index is 782. The Morgan fingerprint density at radius 1 is 1.04 bits per heavy atom. The zero-order chi connectivity index (χ0) is 19.3. The summed E-state index contributed by atoms with van der Waals surface area (Å²) in [6, 6.07) is 16.8. The number of nitrogens with zero attached hydrogens (tertiary/aromatic N) is 2. The topological polar surface area (TPSA) is 44.8 Å². The maximum absolute atomic E-state index is 13.3. The van der Waals surface area contributed by atoms with Crippen LogP contribution in [0.4, 0.5) is 5.69 Å². The van der Waals surface area contributed by atoms with Gasteiger partial charge in [-0.1, -0.05) is 31.2 Å². The van der Waals surface area contributed by atoms with Crippen molar-refractivity contribution < 1.29 is 9.53 Å². The highest BCUT2D eigenvalue weighted by molar-refractivity contribution is 5.95. The van der Waals surface area contributed by atoms with Gasteiger partial charge in [0.15, 0.2) is 0 Å². The van der Waals surface area contributed by atoms with Gasteiger partial charge in [-0.05, 0) is 41.8 Å². The fraction of sp³-hybridized carbons (Fsp3) is 0.435. The molecular formula is C23H29N3O2. The lowest BCUT2D eigenvalue weighted by Gasteiger charge is -2.37. The van der Waals surface area contributed by atoms with Crippen molar-refractivity contribution in [3.05, 3.63) is 65.2 Å². The van der Waals surface area contributed by atoms with Gasteiger partial charge in [-0.3, -0.25) is 4.79 Å². The van der Waals surface area contributed by atoms with Gasteiger partial charge in [0, 0.05) is 44.0 Å². The van der Waals surface area contributed by atoms with Crippen LogP contribution in [-0.4, -0.2) is 56.7 Å². The van der Waals surface area contributed by atoms with Gasteiger partial charge in [-0.15, -0.1) is 0 Å². The minimum atomic E-state index is 0.0751. The lowest BCUT2D eigenvalue weighted by molar-refractivity contribution is 0.0634. The van der Waals surface area contributed by atoms with Gasteiger partial charge in [0.1, 0.15) is 0 Å². The van der Waals surface area contributed by atoms with Gasteiger partial charge in [-0.2, -0.15) is 0 Å². The fourth-order valence-corrected chi connectivity index (χ4v) is 4.02. The molecule has 0 aliphatic carbocycles. The van der Waals surface area contributed by atoms with Crippen molar-refractivity contribution >= 4 is 11.6 Å². The van der Waals surface area contributed by atoms with E-state index in [-0.39, 0.29) is 11.9 Å². The van der Waals surface area contributed by atoms with Crippen molar-refractivity contribution in [3.63, 3.8) is 0 Å². The summed E-state index contributed by atoms with van der Waals surface area (Å²) in [6.45, 7) is 7.85. The molecule has 1 amide bonds. The van der Waals surface area contributed by atoms with Crippen molar-refractivity contribution in [2.75, 3.05) is 50.8 Å². The summed E-state index contributed by atoms with van der Waals surface area (Å²) < 4.78 is 5.42. The Labute approximate surface area is 167 Å². The van der Waals surface area contributed by atoms with Crippen LogP contribution in [0.1, 0.15) is 34.5 Å². The molecule has 0 aromatic heterocycles. The molecule has 5 heteroatoms. The number of rotatable bonds is 4. The van der Waals surface area contributed by atoms with E-state index in [1.165, 1.54) is 11.1 Å². The molecular weight excluding hydrogens is 350 g/mol. The van der Waals surface area contributed by atoms with Gasteiger partial charge in [0.25, 0.3) is 5.91 Å². The second-order valence-corrected chi connectivity index (χ2v) is 7.46. The third-order valence-corrected chi connectivity index (χ3v) is 5.77. The maximum Gasteiger partial charge on any atom is 0.254 e.